The van der Waals surface area contributed by atoms with Crippen molar-refractivity contribution in [2.75, 3.05) is 26.4 Å². The second kappa shape index (κ2) is 17.1. The van der Waals surface area contributed by atoms with Gasteiger partial charge in [-0.05, 0) is 71.0 Å². The maximum absolute atomic E-state index is 13.1. The smallest absolute Gasteiger partial charge is 0.336 e. The number of amides is 1. The van der Waals surface area contributed by atoms with Crippen molar-refractivity contribution in [1.82, 2.24) is 16.0 Å². The van der Waals surface area contributed by atoms with Gasteiger partial charge in [0.05, 0.1) is 36.9 Å². The number of benzene rings is 2. The number of hydrogen-bond acceptors (Lipinski definition) is 8. The molecule has 0 saturated carbocycles. The molecule has 43 heavy (non-hydrogen) atoms. The first kappa shape index (κ1) is 33.3. The van der Waals surface area contributed by atoms with Gasteiger partial charge in [0.25, 0.3) is 5.91 Å². The van der Waals surface area contributed by atoms with Gasteiger partial charge in [-0.1, -0.05) is 49.2 Å². The maximum Gasteiger partial charge on any atom is 0.336 e. The van der Waals surface area contributed by atoms with Gasteiger partial charge in [0.15, 0.2) is 5.11 Å². The zero-order chi connectivity index (χ0) is 31.2. The number of thiocarbonyl (C=S) groups is 1. The average molecular weight is 608 g/mol. The molecule has 0 atom stereocenters. The fourth-order valence-corrected chi connectivity index (χ4v) is 5.08. The van der Waals surface area contributed by atoms with Crippen LogP contribution in [0.3, 0.4) is 0 Å². The summed E-state index contributed by atoms with van der Waals surface area (Å²) in [7, 11) is 0. The summed E-state index contributed by atoms with van der Waals surface area (Å²) in [5.74, 6) is -1.32. The zero-order valence-corrected chi connectivity index (χ0v) is 26.1. The summed E-state index contributed by atoms with van der Waals surface area (Å²) in [5, 5.41) is 9.24. The molecule has 0 fully saturated rings. The van der Waals surface area contributed by atoms with Crippen LogP contribution in [-0.4, -0.2) is 49.3 Å². The Morgan fingerprint density at radius 2 is 1.40 bits per heavy atom. The van der Waals surface area contributed by atoms with E-state index in [2.05, 4.69) is 16.0 Å². The van der Waals surface area contributed by atoms with Crippen molar-refractivity contribution in [3.05, 3.63) is 88.3 Å². The Balaban J connectivity index is 1.56. The summed E-state index contributed by atoms with van der Waals surface area (Å²) in [6.45, 7) is 8.63. The van der Waals surface area contributed by atoms with E-state index in [-0.39, 0.29) is 19.1 Å². The summed E-state index contributed by atoms with van der Waals surface area (Å²) in [5.41, 5.74) is 3.21. The molecule has 3 rings (SSSR count). The van der Waals surface area contributed by atoms with E-state index < -0.39 is 17.9 Å². The highest BCUT2D eigenvalue weighted by atomic mass is 32.1. The van der Waals surface area contributed by atoms with Crippen LogP contribution in [-0.2, 0) is 19.1 Å². The number of nitrogens with one attached hydrogen (secondary N) is 3. The van der Waals surface area contributed by atoms with Crippen LogP contribution in [0.2, 0.25) is 0 Å². The summed E-state index contributed by atoms with van der Waals surface area (Å²) < 4.78 is 17.0. The Kier molecular flexibility index (Phi) is 13.2. The number of carbonyl (C=O) groups is 3. The first-order valence-corrected chi connectivity index (χ1v) is 15.1. The molecule has 0 aromatic heterocycles. The number of carbonyl (C=O) groups excluding carboxylic acids is 3. The summed E-state index contributed by atoms with van der Waals surface area (Å²) >= 11 is 5.23. The topological polar surface area (TPSA) is 115 Å². The Hall–Kier alpha value is -4.18. The minimum absolute atomic E-state index is 0.210. The molecule has 0 aliphatic carbocycles. The van der Waals surface area contributed by atoms with Crippen molar-refractivity contribution < 1.29 is 28.6 Å². The molecule has 3 N–H and O–H groups in total. The summed E-state index contributed by atoms with van der Waals surface area (Å²) in [6, 6.07) is 16.4. The van der Waals surface area contributed by atoms with Gasteiger partial charge in [-0.3, -0.25) is 10.1 Å². The van der Waals surface area contributed by atoms with E-state index in [1.54, 1.807) is 52.0 Å². The predicted octanol–water partition coefficient (Wildman–Crippen LogP) is 5.29. The molecule has 1 heterocycles. The highest BCUT2D eigenvalue weighted by molar-refractivity contribution is 7.80. The SMILES string of the molecule is CCOC(=O)C1=C(C)NC(C)=C(C(=O)OCC)C1c1ccccc1OCCCCCCNC(=S)NC(=O)c1ccccc1. The molecular weight excluding hydrogens is 566 g/mol. The number of allylic oxidation sites excluding steroid dienone is 2. The fraction of sp³-hybridized carbons (Fsp3) is 0.394. The molecule has 0 spiro atoms. The van der Waals surface area contributed by atoms with Gasteiger partial charge >= 0.3 is 11.9 Å². The minimum atomic E-state index is -0.701. The maximum atomic E-state index is 13.1. The molecule has 0 radical (unpaired) electrons. The van der Waals surface area contributed by atoms with Crippen LogP contribution in [0, 0.1) is 0 Å². The van der Waals surface area contributed by atoms with Crippen molar-refractivity contribution in [2.24, 2.45) is 0 Å². The summed E-state index contributed by atoms with van der Waals surface area (Å²) in [6.07, 6.45) is 3.58. The molecule has 1 amide bonds. The van der Waals surface area contributed by atoms with Gasteiger partial charge in [-0.25, -0.2) is 9.59 Å². The fourth-order valence-electron chi connectivity index (χ4n) is 4.89. The summed E-state index contributed by atoms with van der Waals surface area (Å²) in [4.78, 5) is 38.4. The predicted molar refractivity (Wildman–Crippen MR) is 169 cm³/mol. The number of ether oxygens (including phenoxy) is 3. The van der Waals surface area contributed by atoms with Crippen molar-refractivity contribution in [1.29, 1.82) is 0 Å². The Bertz CT molecular complexity index is 1320. The monoisotopic (exact) mass is 607 g/mol. The molecule has 0 unspecified atom stereocenters. The van der Waals surface area contributed by atoms with Crippen molar-refractivity contribution >= 4 is 35.2 Å². The van der Waals surface area contributed by atoms with Crippen LogP contribution in [0.5, 0.6) is 5.75 Å². The molecule has 0 saturated heterocycles. The van der Waals surface area contributed by atoms with E-state index in [1.165, 1.54) is 0 Å². The second-order valence-corrected chi connectivity index (χ2v) is 10.4. The normalized spacial score (nSPS) is 13.2. The van der Waals surface area contributed by atoms with Crippen LogP contribution >= 0.6 is 12.2 Å². The largest absolute Gasteiger partial charge is 0.493 e. The van der Waals surface area contributed by atoms with Crippen molar-refractivity contribution in [3.63, 3.8) is 0 Å². The molecule has 230 valence electrons. The van der Waals surface area contributed by atoms with Crippen molar-refractivity contribution in [3.8, 4) is 5.75 Å². The van der Waals surface area contributed by atoms with Crippen LogP contribution in [0.4, 0.5) is 0 Å². The van der Waals surface area contributed by atoms with Gasteiger partial charge in [0.1, 0.15) is 5.75 Å². The zero-order valence-electron chi connectivity index (χ0n) is 25.3. The number of para-hydroxylation sites is 1. The molecular formula is C33H41N3O6S. The van der Waals surface area contributed by atoms with Gasteiger partial charge in [0.2, 0.25) is 0 Å². The first-order chi connectivity index (χ1) is 20.8. The lowest BCUT2D eigenvalue weighted by molar-refractivity contribution is -0.139. The highest BCUT2D eigenvalue weighted by Crippen LogP contribution is 2.42. The lowest BCUT2D eigenvalue weighted by Crippen LogP contribution is -2.39. The molecule has 10 heteroatoms. The molecule has 2 aromatic rings. The van der Waals surface area contributed by atoms with Crippen molar-refractivity contribution in [2.45, 2.75) is 59.3 Å². The van der Waals surface area contributed by atoms with E-state index in [1.807, 2.05) is 30.3 Å². The Morgan fingerprint density at radius 3 is 2.02 bits per heavy atom. The van der Waals surface area contributed by atoms with Gasteiger partial charge in [0, 0.05) is 29.1 Å². The van der Waals surface area contributed by atoms with E-state index in [0.717, 1.165) is 25.7 Å². The van der Waals surface area contributed by atoms with Gasteiger partial charge in [-0.2, -0.15) is 0 Å². The second-order valence-electron chi connectivity index (χ2n) is 9.95. The Labute approximate surface area is 259 Å². The minimum Gasteiger partial charge on any atom is -0.493 e. The highest BCUT2D eigenvalue weighted by Gasteiger charge is 2.39. The van der Waals surface area contributed by atoms with E-state index in [9.17, 15) is 14.4 Å². The lowest BCUT2D eigenvalue weighted by Gasteiger charge is -2.31. The first-order valence-electron chi connectivity index (χ1n) is 14.7. The number of hydrogen-bond donors (Lipinski definition) is 3. The van der Waals surface area contributed by atoms with E-state index in [4.69, 9.17) is 26.4 Å². The number of unbranched alkanes of at least 4 members (excludes halogenated alkanes) is 3. The number of rotatable bonds is 14. The molecule has 1 aliphatic heterocycles. The molecule has 9 nitrogen and oxygen atoms in total. The van der Waals surface area contributed by atoms with Crippen LogP contribution < -0.4 is 20.7 Å². The molecule has 2 aromatic carbocycles. The third-order valence-electron chi connectivity index (χ3n) is 6.86. The standard InChI is InChI=1S/C33H41N3O6S/c1-5-40-31(38)27-22(3)35-23(4)28(32(39)41-6-2)29(27)25-18-12-13-19-26(25)42-21-15-8-7-14-20-34-33(43)36-30(37)24-16-10-9-11-17-24/h9-13,16-19,29,35H,5-8,14-15,20-21H2,1-4H3,(H2,34,36,37,43). The number of dihydropyridines is 1. The van der Waals surface area contributed by atoms with E-state index in [0.29, 0.717) is 57.7 Å². The van der Waals surface area contributed by atoms with E-state index >= 15 is 0 Å². The van der Waals surface area contributed by atoms with Crippen LogP contribution in [0.1, 0.15) is 75.2 Å². The quantitative estimate of drug-likeness (QED) is 0.150. The van der Waals surface area contributed by atoms with Gasteiger partial charge in [-0.15, -0.1) is 0 Å². The number of esters is 2. The third kappa shape index (κ3) is 9.41. The Morgan fingerprint density at radius 1 is 0.814 bits per heavy atom. The van der Waals surface area contributed by atoms with Gasteiger partial charge < -0.3 is 24.8 Å². The average Bonchev–Trinajstić information content (AvgIpc) is 2.98. The third-order valence-corrected chi connectivity index (χ3v) is 7.10. The van der Waals surface area contributed by atoms with Crippen LogP contribution in [0.15, 0.2) is 77.1 Å². The molecule has 0 bridgehead atoms. The lowest BCUT2D eigenvalue weighted by atomic mass is 9.80. The van der Waals surface area contributed by atoms with Crippen LogP contribution in [0.25, 0.3) is 0 Å². The molecule has 1 aliphatic rings.